The van der Waals surface area contributed by atoms with Gasteiger partial charge in [-0.05, 0) is 12.0 Å². The predicted molar refractivity (Wildman–Crippen MR) is 61.9 cm³/mol. The minimum absolute atomic E-state index is 0.136. The molecule has 0 fully saturated rings. The number of hydrogen-bond donors (Lipinski definition) is 0. The number of rotatable bonds is 0. The molecule has 0 spiro atoms. The van der Waals surface area contributed by atoms with E-state index in [1.165, 1.54) is 16.9 Å². The van der Waals surface area contributed by atoms with Crippen molar-refractivity contribution in [2.24, 2.45) is 0 Å². The van der Waals surface area contributed by atoms with E-state index in [1.807, 2.05) is 18.2 Å². The van der Waals surface area contributed by atoms with Gasteiger partial charge in [0.15, 0.2) is 0 Å². The van der Waals surface area contributed by atoms with Crippen LogP contribution in [0.4, 0.5) is 0 Å². The lowest BCUT2D eigenvalue weighted by molar-refractivity contribution is 1.05. The number of aromatic nitrogens is 1. The van der Waals surface area contributed by atoms with Gasteiger partial charge in [-0.3, -0.25) is 4.79 Å². The van der Waals surface area contributed by atoms with E-state index in [9.17, 15) is 4.79 Å². The van der Waals surface area contributed by atoms with Gasteiger partial charge >= 0.3 is 0 Å². The topological polar surface area (TPSA) is 30.0 Å². The van der Waals surface area contributed by atoms with Gasteiger partial charge < -0.3 is 0 Å². The van der Waals surface area contributed by atoms with Gasteiger partial charge in [-0.1, -0.05) is 41.2 Å². The molecule has 0 aliphatic heterocycles. The van der Waals surface area contributed by atoms with E-state index >= 15 is 0 Å². The minimum Gasteiger partial charge on any atom is -0.277 e. The maximum Gasteiger partial charge on any atom is 0.243 e. The molecule has 3 heteroatoms. The third kappa shape index (κ3) is 1.31. The van der Waals surface area contributed by atoms with Gasteiger partial charge in [0.25, 0.3) is 0 Å². The van der Waals surface area contributed by atoms with Gasteiger partial charge in [0.1, 0.15) is 0 Å². The first kappa shape index (κ1) is 8.80. The first-order chi connectivity index (χ1) is 7.36. The predicted octanol–water partition coefficient (Wildman–Crippen LogP) is 2.33. The van der Waals surface area contributed by atoms with Crippen molar-refractivity contribution >= 4 is 16.9 Å². The Hall–Kier alpha value is -1.48. The zero-order chi connectivity index (χ0) is 10.3. The van der Waals surface area contributed by atoms with Gasteiger partial charge in [0.2, 0.25) is 4.74 Å². The van der Waals surface area contributed by atoms with E-state index in [0.717, 1.165) is 29.7 Å². The average molecular weight is 215 g/mol. The van der Waals surface area contributed by atoms with Crippen molar-refractivity contribution in [3.63, 3.8) is 0 Å². The Kier molecular flexibility index (Phi) is 1.92. The molecule has 0 radical (unpaired) electrons. The van der Waals surface area contributed by atoms with E-state index in [0.29, 0.717) is 0 Å². The first-order valence-electron chi connectivity index (χ1n) is 4.88. The third-order valence-corrected chi connectivity index (χ3v) is 3.40. The molecular formula is C12H9NOS. The van der Waals surface area contributed by atoms with Crippen molar-refractivity contribution in [2.75, 3.05) is 0 Å². The molecule has 2 aliphatic rings. The van der Waals surface area contributed by atoms with Crippen molar-refractivity contribution in [1.29, 1.82) is 0 Å². The zero-order valence-electron chi connectivity index (χ0n) is 8.06. The van der Waals surface area contributed by atoms with Crippen LogP contribution in [0.5, 0.6) is 0 Å². The van der Waals surface area contributed by atoms with Gasteiger partial charge in [-0.25, -0.2) is 4.98 Å². The van der Waals surface area contributed by atoms with Crippen LogP contribution in [0.25, 0.3) is 5.57 Å². The quantitative estimate of drug-likeness (QED) is 0.665. The van der Waals surface area contributed by atoms with Gasteiger partial charge in [-0.15, -0.1) is 0 Å². The second-order valence-electron chi connectivity index (χ2n) is 3.65. The number of nitrogens with zero attached hydrogens (tertiary/aromatic N) is 1. The first-order valence-corrected chi connectivity index (χ1v) is 5.76. The summed E-state index contributed by atoms with van der Waals surface area (Å²) in [5, 5.41) is 0. The third-order valence-electron chi connectivity index (χ3n) is 2.77. The standard InChI is InChI=1S/C12H9NOS/c14-12-11-9-5-3-1-2-4-8(9)6-10(11)13-7-15-12/h1-3,5,7H,4,6H2. The maximum atomic E-state index is 11.8. The van der Waals surface area contributed by atoms with Crippen LogP contribution in [0.15, 0.2) is 40.2 Å². The molecule has 74 valence electrons. The monoisotopic (exact) mass is 215 g/mol. The summed E-state index contributed by atoms with van der Waals surface area (Å²) in [6.45, 7) is 0. The molecule has 3 rings (SSSR count). The van der Waals surface area contributed by atoms with Crippen molar-refractivity contribution < 1.29 is 0 Å². The molecule has 0 saturated carbocycles. The fraction of sp³-hybridized carbons (Fsp3) is 0.167. The smallest absolute Gasteiger partial charge is 0.243 e. The molecule has 1 heterocycles. The van der Waals surface area contributed by atoms with Crippen LogP contribution >= 0.6 is 11.3 Å². The highest BCUT2D eigenvalue weighted by Gasteiger charge is 2.23. The van der Waals surface area contributed by atoms with Gasteiger partial charge in [0, 0.05) is 6.42 Å². The maximum absolute atomic E-state index is 11.8. The van der Waals surface area contributed by atoms with E-state index in [4.69, 9.17) is 0 Å². The normalized spacial score (nSPS) is 17.6. The Morgan fingerprint density at radius 3 is 3.20 bits per heavy atom. The van der Waals surface area contributed by atoms with E-state index in [-0.39, 0.29) is 4.74 Å². The second kappa shape index (κ2) is 3.28. The van der Waals surface area contributed by atoms with Crippen LogP contribution < -0.4 is 4.74 Å². The number of allylic oxidation sites excluding steroid dienone is 6. The van der Waals surface area contributed by atoms with Crippen molar-refractivity contribution in [1.82, 2.24) is 4.98 Å². The van der Waals surface area contributed by atoms with Crippen molar-refractivity contribution in [2.45, 2.75) is 12.8 Å². The Bertz CT molecular complexity index is 563. The molecule has 1 aromatic rings. The molecule has 0 amide bonds. The molecule has 0 saturated heterocycles. The number of fused-ring (bicyclic) bond motifs is 2. The highest BCUT2D eigenvalue weighted by molar-refractivity contribution is 7.07. The summed E-state index contributed by atoms with van der Waals surface area (Å²) in [7, 11) is 0. The van der Waals surface area contributed by atoms with Gasteiger partial charge in [-0.2, -0.15) is 0 Å². The SMILES string of the molecule is O=c1scnc2c1C1=C(CC=CC=C1)C2. The van der Waals surface area contributed by atoms with Crippen LogP contribution in [-0.2, 0) is 6.42 Å². The molecule has 15 heavy (non-hydrogen) atoms. The van der Waals surface area contributed by atoms with Crippen LogP contribution in [0.1, 0.15) is 17.7 Å². The molecule has 2 aliphatic carbocycles. The van der Waals surface area contributed by atoms with Crippen LogP contribution in [0.3, 0.4) is 0 Å². The Labute approximate surface area is 91.3 Å². The summed E-state index contributed by atoms with van der Waals surface area (Å²) in [5.74, 6) is 0. The molecule has 0 aromatic carbocycles. The van der Waals surface area contributed by atoms with Gasteiger partial charge in [0.05, 0.1) is 16.8 Å². The molecule has 0 N–H and O–H groups in total. The van der Waals surface area contributed by atoms with Crippen LogP contribution in [0, 0.1) is 0 Å². The lowest BCUT2D eigenvalue weighted by atomic mass is 10.1. The van der Waals surface area contributed by atoms with Crippen LogP contribution in [0.2, 0.25) is 0 Å². The summed E-state index contributed by atoms with van der Waals surface area (Å²) in [6, 6.07) is 0. The fourth-order valence-corrected chi connectivity index (χ4v) is 2.70. The van der Waals surface area contributed by atoms with Crippen LogP contribution in [-0.4, -0.2) is 4.98 Å². The number of hydrogen-bond acceptors (Lipinski definition) is 3. The summed E-state index contributed by atoms with van der Waals surface area (Å²) < 4.78 is 0.136. The Balaban J connectivity index is 2.25. The molecule has 0 bridgehead atoms. The summed E-state index contributed by atoms with van der Waals surface area (Å²) in [4.78, 5) is 16.1. The Morgan fingerprint density at radius 2 is 2.27 bits per heavy atom. The largest absolute Gasteiger partial charge is 0.277 e. The van der Waals surface area contributed by atoms with Crippen molar-refractivity contribution in [3.05, 3.63) is 56.2 Å². The van der Waals surface area contributed by atoms with E-state index < -0.39 is 0 Å². The highest BCUT2D eigenvalue weighted by Crippen LogP contribution is 2.33. The lowest BCUT2D eigenvalue weighted by Gasteiger charge is -1.97. The average Bonchev–Trinajstić information content (AvgIpc) is 2.43. The zero-order valence-corrected chi connectivity index (χ0v) is 8.88. The molecule has 0 unspecified atom stereocenters. The summed E-state index contributed by atoms with van der Waals surface area (Å²) >= 11 is 1.18. The summed E-state index contributed by atoms with van der Waals surface area (Å²) in [6.07, 6.45) is 9.95. The molecule has 0 atom stereocenters. The highest BCUT2D eigenvalue weighted by atomic mass is 32.1. The molecule has 1 aromatic heterocycles. The van der Waals surface area contributed by atoms with E-state index in [2.05, 4.69) is 11.1 Å². The molecule has 2 nitrogen and oxygen atoms in total. The lowest BCUT2D eigenvalue weighted by Crippen LogP contribution is -2.04. The molecular weight excluding hydrogens is 206 g/mol. The van der Waals surface area contributed by atoms with Crippen molar-refractivity contribution in [3.8, 4) is 0 Å². The van der Waals surface area contributed by atoms with E-state index in [1.54, 1.807) is 5.51 Å². The minimum atomic E-state index is 0.136. The Morgan fingerprint density at radius 1 is 1.33 bits per heavy atom. The second-order valence-corrected chi connectivity index (χ2v) is 4.46. The summed E-state index contributed by atoms with van der Waals surface area (Å²) in [5.41, 5.74) is 5.84. The fourth-order valence-electron chi connectivity index (χ4n) is 2.08.